The Morgan fingerprint density at radius 3 is 2.96 bits per heavy atom. The predicted molar refractivity (Wildman–Crippen MR) is 95.3 cm³/mol. The van der Waals surface area contributed by atoms with Crippen LogP contribution in [0.5, 0.6) is 0 Å². The van der Waals surface area contributed by atoms with Crippen molar-refractivity contribution in [2.24, 2.45) is 11.7 Å². The molecule has 0 aromatic carbocycles. The smallest absolute Gasteiger partial charge is 0.252 e. The molecule has 1 aliphatic heterocycles. The number of carbonyl (C=O) groups is 1. The highest BCUT2D eigenvalue weighted by molar-refractivity contribution is 5.98. The van der Waals surface area contributed by atoms with Crippen molar-refractivity contribution in [3.05, 3.63) is 53.6 Å². The van der Waals surface area contributed by atoms with Crippen LogP contribution in [0, 0.1) is 5.92 Å². The first-order valence-electron chi connectivity index (χ1n) is 8.44. The molecule has 1 fully saturated rings. The van der Waals surface area contributed by atoms with Crippen molar-refractivity contribution in [2.75, 3.05) is 25.0 Å². The predicted octanol–water partition coefficient (Wildman–Crippen LogP) is 0.549. The summed E-state index contributed by atoms with van der Waals surface area (Å²) in [5.74, 6) is -0.434. The third kappa shape index (κ3) is 4.32. The van der Waals surface area contributed by atoms with Gasteiger partial charge in [0.1, 0.15) is 0 Å². The number of nitrogens with zero attached hydrogens (tertiary/aromatic N) is 2. The average Bonchev–Trinajstić information content (AvgIpc) is 2.63. The first kappa shape index (κ1) is 17.3. The maximum atomic E-state index is 11.8. The van der Waals surface area contributed by atoms with Crippen molar-refractivity contribution in [3.8, 4) is 0 Å². The number of anilines is 1. The molecule has 5 N–H and O–H groups in total. The minimum Gasteiger partial charge on any atom is -0.396 e. The van der Waals surface area contributed by atoms with E-state index in [0.29, 0.717) is 17.7 Å². The topological polar surface area (TPSA) is 113 Å². The Morgan fingerprint density at radius 1 is 1.36 bits per heavy atom. The van der Waals surface area contributed by atoms with E-state index in [1.807, 2.05) is 24.3 Å². The zero-order valence-corrected chi connectivity index (χ0v) is 14.0. The third-order valence-corrected chi connectivity index (χ3v) is 4.50. The number of piperidine rings is 1. The highest BCUT2D eigenvalue weighted by atomic mass is 16.3. The van der Waals surface area contributed by atoms with Gasteiger partial charge in [-0.15, -0.1) is 0 Å². The molecule has 0 radical (unpaired) electrons. The number of carbonyl (C=O) groups excluding carboxylic acids is 1. The lowest BCUT2D eigenvalue weighted by atomic mass is 9.93. The van der Waals surface area contributed by atoms with E-state index in [1.54, 1.807) is 6.20 Å². The second-order valence-electron chi connectivity index (χ2n) is 6.27. The number of amides is 1. The van der Waals surface area contributed by atoms with Crippen LogP contribution in [0.25, 0.3) is 0 Å². The quantitative estimate of drug-likeness (QED) is 0.610. The van der Waals surface area contributed by atoms with Crippen LogP contribution in [0.1, 0.15) is 28.2 Å². The third-order valence-electron chi connectivity index (χ3n) is 4.50. The van der Waals surface area contributed by atoms with Gasteiger partial charge < -0.3 is 21.5 Å². The van der Waals surface area contributed by atoms with Crippen molar-refractivity contribution in [1.82, 2.24) is 15.3 Å². The lowest BCUT2D eigenvalue weighted by Gasteiger charge is -2.32. The zero-order valence-electron chi connectivity index (χ0n) is 14.0. The fourth-order valence-electron chi connectivity index (χ4n) is 3.10. The van der Waals surface area contributed by atoms with E-state index in [-0.39, 0.29) is 18.6 Å². The minimum absolute atomic E-state index is 0.0782. The summed E-state index contributed by atoms with van der Waals surface area (Å²) in [7, 11) is 0. The Kier molecular flexibility index (Phi) is 5.57. The van der Waals surface area contributed by atoms with Crippen LogP contribution < -0.4 is 16.4 Å². The lowest BCUT2D eigenvalue weighted by molar-refractivity contribution is 0.100. The Bertz CT molecular complexity index is 723. The monoisotopic (exact) mass is 341 g/mol. The van der Waals surface area contributed by atoms with Gasteiger partial charge in [-0.25, -0.2) is 0 Å². The van der Waals surface area contributed by atoms with Crippen molar-refractivity contribution in [2.45, 2.75) is 18.9 Å². The van der Waals surface area contributed by atoms with Crippen LogP contribution in [-0.4, -0.2) is 46.7 Å². The van der Waals surface area contributed by atoms with Gasteiger partial charge in [0.15, 0.2) is 0 Å². The van der Waals surface area contributed by atoms with Gasteiger partial charge in [0.25, 0.3) is 5.91 Å². The largest absolute Gasteiger partial charge is 0.396 e. The van der Waals surface area contributed by atoms with Crippen LogP contribution in [0.4, 0.5) is 5.69 Å². The van der Waals surface area contributed by atoms with E-state index < -0.39 is 5.91 Å². The fourth-order valence-corrected chi connectivity index (χ4v) is 3.10. The number of pyridine rings is 2. The van der Waals surface area contributed by atoms with Crippen LogP contribution in [-0.2, 0) is 6.42 Å². The normalized spacial score (nSPS) is 20.2. The van der Waals surface area contributed by atoms with Gasteiger partial charge in [0.05, 0.1) is 11.3 Å². The number of aliphatic hydroxyl groups is 1. The Balaban J connectivity index is 1.84. The lowest BCUT2D eigenvalue weighted by Crippen LogP contribution is -2.45. The summed E-state index contributed by atoms with van der Waals surface area (Å²) in [5, 5.41) is 16.2. The number of hydrogen-bond acceptors (Lipinski definition) is 6. The molecule has 0 unspecified atom stereocenters. The molecule has 7 heteroatoms. The summed E-state index contributed by atoms with van der Waals surface area (Å²) < 4.78 is 0. The molecule has 2 aromatic rings. The molecule has 0 saturated carbocycles. The zero-order chi connectivity index (χ0) is 17.6. The van der Waals surface area contributed by atoms with E-state index in [1.165, 1.54) is 6.20 Å². The standard InChI is InChI=1S/C18H23N5O2/c19-18(25)15-10-22-14(7-13-3-1-2-5-21-13)8-17(15)23-16-4-6-20-9-12(16)11-24/h1-3,5,8,10,12,16,20,24H,4,6-7,9,11H2,(H2,19,25)(H,22,23)/t12-,16-/m1/s1. The van der Waals surface area contributed by atoms with E-state index in [9.17, 15) is 9.90 Å². The molecule has 2 aromatic heterocycles. The van der Waals surface area contributed by atoms with Crippen molar-refractivity contribution in [3.63, 3.8) is 0 Å². The van der Waals surface area contributed by atoms with Gasteiger partial charge in [-0.3, -0.25) is 14.8 Å². The van der Waals surface area contributed by atoms with E-state index in [4.69, 9.17) is 5.73 Å². The highest BCUT2D eigenvalue weighted by Gasteiger charge is 2.25. The molecule has 132 valence electrons. The number of rotatable bonds is 6. The summed E-state index contributed by atoms with van der Waals surface area (Å²) in [6.45, 7) is 1.69. The first-order valence-corrected chi connectivity index (χ1v) is 8.44. The summed E-state index contributed by atoms with van der Waals surface area (Å²) in [4.78, 5) is 20.4. The number of aliphatic hydroxyl groups excluding tert-OH is 1. The molecule has 0 aliphatic carbocycles. The summed E-state index contributed by atoms with van der Waals surface area (Å²) in [5.41, 5.74) is 8.23. The second kappa shape index (κ2) is 8.04. The molecule has 25 heavy (non-hydrogen) atoms. The average molecular weight is 341 g/mol. The molecule has 0 bridgehead atoms. The van der Waals surface area contributed by atoms with E-state index in [0.717, 1.165) is 30.9 Å². The number of hydrogen-bond donors (Lipinski definition) is 4. The maximum Gasteiger partial charge on any atom is 0.252 e. The van der Waals surface area contributed by atoms with Gasteiger partial charge in [-0.05, 0) is 31.2 Å². The molecule has 1 aliphatic rings. The SMILES string of the molecule is NC(=O)c1cnc(Cc2ccccn2)cc1N[C@@H]1CCNC[C@@H]1CO. The van der Waals surface area contributed by atoms with Crippen LogP contribution in [0.3, 0.4) is 0 Å². The molecule has 0 spiro atoms. The van der Waals surface area contributed by atoms with Crippen LogP contribution in [0.2, 0.25) is 0 Å². The summed E-state index contributed by atoms with van der Waals surface area (Å²) >= 11 is 0. The van der Waals surface area contributed by atoms with Gasteiger partial charge in [0, 0.05) is 55.3 Å². The fraction of sp³-hybridized carbons (Fsp3) is 0.389. The molecule has 1 amide bonds. The van der Waals surface area contributed by atoms with Gasteiger partial charge in [-0.1, -0.05) is 6.07 Å². The summed E-state index contributed by atoms with van der Waals surface area (Å²) in [6, 6.07) is 7.66. The Morgan fingerprint density at radius 2 is 2.24 bits per heavy atom. The van der Waals surface area contributed by atoms with Crippen molar-refractivity contribution >= 4 is 11.6 Å². The molecule has 1 saturated heterocycles. The first-order chi connectivity index (χ1) is 12.2. The molecule has 3 heterocycles. The minimum atomic E-state index is -0.520. The van der Waals surface area contributed by atoms with Gasteiger partial charge >= 0.3 is 0 Å². The molecular weight excluding hydrogens is 318 g/mol. The van der Waals surface area contributed by atoms with Crippen LogP contribution >= 0.6 is 0 Å². The van der Waals surface area contributed by atoms with E-state index >= 15 is 0 Å². The van der Waals surface area contributed by atoms with Crippen molar-refractivity contribution in [1.29, 1.82) is 0 Å². The molecule has 7 nitrogen and oxygen atoms in total. The number of nitrogens with one attached hydrogen (secondary N) is 2. The number of nitrogens with two attached hydrogens (primary N) is 1. The maximum absolute atomic E-state index is 11.8. The molecular formula is C18H23N5O2. The number of aromatic nitrogens is 2. The van der Waals surface area contributed by atoms with Gasteiger partial charge in [0.2, 0.25) is 0 Å². The van der Waals surface area contributed by atoms with Gasteiger partial charge in [-0.2, -0.15) is 0 Å². The Hall–Kier alpha value is -2.51. The highest BCUT2D eigenvalue weighted by Crippen LogP contribution is 2.22. The van der Waals surface area contributed by atoms with E-state index in [2.05, 4.69) is 20.6 Å². The van der Waals surface area contributed by atoms with Crippen LogP contribution in [0.15, 0.2) is 36.7 Å². The molecule has 2 atom stereocenters. The Labute approximate surface area is 146 Å². The second-order valence-corrected chi connectivity index (χ2v) is 6.27. The van der Waals surface area contributed by atoms with Crippen molar-refractivity contribution < 1.29 is 9.90 Å². The summed E-state index contributed by atoms with van der Waals surface area (Å²) in [6.07, 6.45) is 4.69. The number of primary amides is 1. The molecule has 3 rings (SSSR count).